The van der Waals surface area contributed by atoms with Crippen molar-refractivity contribution in [3.05, 3.63) is 53.7 Å². The number of carbonyl (C=O) groups is 2. The first kappa shape index (κ1) is 20.1. The van der Waals surface area contributed by atoms with Crippen molar-refractivity contribution in [1.82, 2.24) is 17.8 Å². The van der Waals surface area contributed by atoms with Crippen molar-refractivity contribution in [2.75, 3.05) is 6.54 Å². The van der Waals surface area contributed by atoms with Gasteiger partial charge in [0, 0.05) is 47.6 Å². The van der Waals surface area contributed by atoms with Crippen LogP contribution < -0.4 is 5.73 Å². The zero-order chi connectivity index (χ0) is 21.6. The van der Waals surface area contributed by atoms with Crippen molar-refractivity contribution < 1.29 is 18.5 Å². The quantitative estimate of drug-likeness (QED) is 0.686. The van der Waals surface area contributed by atoms with Crippen LogP contribution in [0.25, 0.3) is 10.9 Å². The van der Waals surface area contributed by atoms with E-state index in [9.17, 15) is 13.8 Å². The summed E-state index contributed by atoms with van der Waals surface area (Å²) in [7, 11) is 0. The van der Waals surface area contributed by atoms with E-state index >= 15 is 0 Å². The number of hydrogen-bond acceptors (Lipinski definition) is 5. The molecule has 3 aromatic rings. The molecule has 30 heavy (non-hydrogen) atoms. The number of fused-ring (bicyclic) bond motifs is 3. The lowest BCUT2D eigenvalue weighted by atomic mass is 10.0. The zero-order valence-corrected chi connectivity index (χ0v) is 17.8. The van der Waals surface area contributed by atoms with Gasteiger partial charge in [0.15, 0.2) is 0 Å². The molecular formula is C20H23N5O4S. The Labute approximate surface area is 176 Å². The molecule has 158 valence electrons. The molecule has 2 N–H and O–H groups in total. The molecule has 1 unspecified atom stereocenters. The summed E-state index contributed by atoms with van der Waals surface area (Å²) in [5.41, 5.74) is 7.59. The van der Waals surface area contributed by atoms with Crippen LogP contribution in [0.15, 0.2) is 36.9 Å². The first-order valence-corrected chi connectivity index (χ1v) is 10.6. The number of imidazole rings is 1. The average molecular weight is 430 g/mol. The zero-order valence-electron chi connectivity index (χ0n) is 17.0. The van der Waals surface area contributed by atoms with E-state index in [0.717, 1.165) is 16.6 Å². The third-order valence-corrected chi connectivity index (χ3v) is 6.16. The molecule has 0 saturated carbocycles. The summed E-state index contributed by atoms with van der Waals surface area (Å²) >= 11 is -1.58. The lowest BCUT2D eigenvalue weighted by Crippen LogP contribution is -2.40. The van der Waals surface area contributed by atoms with Gasteiger partial charge in [0.2, 0.25) is 17.1 Å². The van der Waals surface area contributed by atoms with Crippen LogP contribution in [0.1, 0.15) is 42.4 Å². The topological polar surface area (TPSA) is 112 Å². The number of carbonyl (C=O) groups excluding carboxylic acids is 2. The van der Waals surface area contributed by atoms with Crippen LogP contribution in [0.4, 0.5) is 4.79 Å². The number of amides is 2. The van der Waals surface area contributed by atoms with Gasteiger partial charge >= 0.3 is 6.09 Å². The minimum atomic E-state index is -1.58. The minimum Gasteiger partial charge on any atom is -0.444 e. The Hall–Kier alpha value is -3.14. The van der Waals surface area contributed by atoms with Gasteiger partial charge in [0.1, 0.15) is 11.9 Å². The second-order valence-electron chi connectivity index (χ2n) is 8.12. The molecule has 2 aromatic heterocycles. The van der Waals surface area contributed by atoms with Crippen LogP contribution in [0.3, 0.4) is 0 Å². The van der Waals surface area contributed by atoms with Gasteiger partial charge in [0.25, 0.3) is 0 Å². The predicted molar refractivity (Wildman–Crippen MR) is 112 cm³/mol. The Balaban J connectivity index is 1.83. The highest BCUT2D eigenvalue weighted by atomic mass is 32.2. The highest BCUT2D eigenvalue weighted by Crippen LogP contribution is 2.33. The van der Waals surface area contributed by atoms with Crippen LogP contribution in [-0.2, 0) is 28.9 Å². The highest BCUT2D eigenvalue weighted by Gasteiger charge is 2.31. The Morgan fingerprint density at radius 1 is 1.27 bits per heavy atom. The Morgan fingerprint density at radius 3 is 2.67 bits per heavy atom. The normalized spacial score (nSPS) is 15.1. The first-order valence-electron chi connectivity index (χ1n) is 9.50. The number of rotatable bonds is 3. The molecule has 1 aliphatic rings. The molecule has 0 bridgehead atoms. The molecule has 9 nitrogen and oxygen atoms in total. The number of benzene rings is 1. The van der Waals surface area contributed by atoms with Crippen molar-refractivity contribution in [2.24, 2.45) is 5.73 Å². The van der Waals surface area contributed by atoms with Crippen molar-refractivity contribution in [3.8, 4) is 0 Å². The van der Waals surface area contributed by atoms with Crippen molar-refractivity contribution >= 4 is 34.1 Å². The maximum absolute atomic E-state index is 13.3. The molecule has 1 aromatic carbocycles. The van der Waals surface area contributed by atoms with E-state index in [-0.39, 0.29) is 6.54 Å². The SMILES string of the molecule is CC(C)(C)OC(=O)N1CCc2c(c3cc(C(N)=O)ccc3n2S(=O)n2ccnc2)C1. The Kier molecular flexibility index (Phi) is 4.89. The van der Waals surface area contributed by atoms with Crippen LogP contribution in [0.2, 0.25) is 0 Å². The van der Waals surface area contributed by atoms with E-state index in [0.29, 0.717) is 24.0 Å². The van der Waals surface area contributed by atoms with E-state index in [1.807, 2.05) is 20.8 Å². The smallest absolute Gasteiger partial charge is 0.410 e. The average Bonchev–Trinajstić information content (AvgIpc) is 3.31. The second kappa shape index (κ2) is 7.28. The molecule has 4 rings (SSSR count). The maximum atomic E-state index is 13.3. The number of nitrogens with zero attached hydrogens (tertiary/aromatic N) is 4. The van der Waals surface area contributed by atoms with E-state index < -0.39 is 28.8 Å². The summed E-state index contributed by atoms with van der Waals surface area (Å²) in [6.45, 7) is 6.18. The summed E-state index contributed by atoms with van der Waals surface area (Å²) in [6.07, 6.45) is 4.76. The largest absolute Gasteiger partial charge is 0.444 e. The van der Waals surface area contributed by atoms with Crippen LogP contribution in [0, 0.1) is 0 Å². The van der Waals surface area contributed by atoms with Gasteiger partial charge in [-0.1, -0.05) is 0 Å². The molecule has 0 fully saturated rings. The number of ether oxygens (including phenoxy) is 1. The minimum absolute atomic E-state index is 0.289. The van der Waals surface area contributed by atoms with Crippen LogP contribution >= 0.6 is 0 Å². The summed E-state index contributed by atoms with van der Waals surface area (Å²) in [4.78, 5) is 29.9. The summed E-state index contributed by atoms with van der Waals surface area (Å²) in [5, 5.41) is 0.739. The number of nitrogens with two attached hydrogens (primary N) is 1. The fourth-order valence-corrected chi connectivity index (χ4v) is 4.77. The summed E-state index contributed by atoms with van der Waals surface area (Å²) < 4.78 is 22.0. The first-order chi connectivity index (χ1) is 14.2. The summed E-state index contributed by atoms with van der Waals surface area (Å²) in [6, 6.07) is 5.04. The third-order valence-electron chi connectivity index (χ3n) is 4.85. The maximum Gasteiger partial charge on any atom is 0.410 e. The highest BCUT2D eigenvalue weighted by molar-refractivity contribution is 7.82. The molecule has 0 spiro atoms. The monoisotopic (exact) mass is 429 g/mol. The van der Waals surface area contributed by atoms with Gasteiger partial charge in [-0.25, -0.2) is 21.9 Å². The van der Waals surface area contributed by atoms with Gasteiger partial charge < -0.3 is 15.4 Å². The van der Waals surface area contributed by atoms with Gasteiger partial charge in [-0.2, -0.15) is 0 Å². The predicted octanol–water partition coefficient (Wildman–Crippen LogP) is 2.21. The lowest BCUT2D eigenvalue weighted by molar-refractivity contribution is 0.0224. The van der Waals surface area contributed by atoms with E-state index in [1.54, 1.807) is 39.5 Å². The fraction of sp³-hybridized carbons (Fsp3) is 0.350. The van der Waals surface area contributed by atoms with Crippen molar-refractivity contribution in [1.29, 1.82) is 0 Å². The fourth-order valence-electron chi connectivity index (χ4n) is 3.57. The van der Waals surface area contributed by atoms with Crippen LogP contribution in [-0.4, -0.2) is 46.2 Å². The third kappa shape index (κ3) is 3.58. The summed E-state index contributed by atoms with van der Waals surface area (Å²) in [5.74, 6) is -0.547. The molecule has 2 amide bonds. The van der Waals surface area contributed by atoms with Crippen molar-refractivity contribution in [2.45, 2.75) is 39.3 Å². The molecule has 0 radical (unpaired) electrons. The number of aromatic nitrogens is 3. The number of hydrogen-bond donors (Lipinski definition) is 1. The van der Waals surface area contributed by atoms with Gasteiger partial charge in [-0.3, -0.25) is 4.79 Å². The molecule has 1 atom stereocenters. The second-order valence-corrected chi connectivity index (χ2v) is 9.37. The lowest BCUT2D eigenvalue weighted by Gasteiger charge is -2.30. The van der Waals surface area contributed by atoms with Gasteiger partial charge in [-0.05, 0) is 39.0 Å². The van der Waals surface area contributed by atoms with Gasteiger partial charge in [-0.15, -0.1) is 0 Å². The Bertz CT molecular complexity index is 1160. The van der Waals surface area contributed by atoms with Crippen molar-refractivity contribution in [3.63, 3.8) is 0 Å². The molecule has 0 aliphatic carbocycles. The van der Waals surface area contributed by atoms with Crippen LogP contribution in [0.5, 0.6) is 0 Å². The van der Waals surface area contributed by atoms with Gasteiger partial charge in [0.05, 0.1) is 12.1 Å². The molecule has 0 saturated heterocycles. The molecule has 10 heteroatoms. The number of primary amides is 1. The van der Waals surface area contributed by atoms with E-state index in [2.05, 4.69) is 4.98 Å². The Morgan fingerprint density at radius 2 is 2.03 bits per heavy atom. The standard InChI is InChI=1S/C20H23N5O4S/c1-20(2,3)29-19(27)23-8-6-17-15(11-23)14-10-13(18(21)26)4-5-16(14)25(17)30(28)24-9-7-22-12-24/h4-5,7,9-10,12H,6,8,11H2,1-3H3,(H2,21,26). The van der Waals surface area contributed by atoms with E-state index in [4.69, 9.17) is 10.5 Å². The van der Waals surface area contributed by atoms with E-state index in [1.165, 1.54) is 10.3 Å². The molecular weight excluding hydrogens is 406 g/mol. The molecule has 1 aliphatic heterocycles. The molecule has 3 heterocycles.